The van der Waals surface area contributed by atoms with E-state index in [0.717, 1.165) is 10.7 Å². The van der Waals surface area contributed by atoms with E-state index in [1.54, 1.807) is 6.92 Å². The highest BCUT2D eigenvalue weighted by atomic mass is 32.2. The maximum absolute atomic E-state index is 11.7. The molecule has 2 N–H and O–H groups in total. The molecule has 1 aliphatic rings. The van der Waals surface area contributed by atoms with Crippen LogP contribution in [-0.4, -0.2) is 37.9 Å². The molecule has 7 nitrogen and oxygen atoms in total. The molecule has 0 bridgehead atoms. The summed E-state index contributed by atoms with van der Waals surface area (Å²) in [6, 6.07) is -0.201. The molecule has 1 rings (SSSR count). The zero-order valence-corrected chi connectivity index (χ0v) is 10.2. The van der Waals surface area contributed by atoms with Crippen LogP contribution in [-0.2, 0) is 14.9 Å². The van der Waals surface area contributed by atoms with Crippen LogP contribution >= 0.6 is 0 Å². The molecule has 16 heavy (non-hydrogen) atoms. The minimum atomic E-state index is -3.78. The summed E-state index contributed by atoms with van der Waals surface area (Å²) in [7, 11) is -3.78. The summed E-state index contributed by atoms with van der Waals surface area (Å²) in [6.07, 6.45) is 1.57. The zero-order chi connectivity index (χ0) is 12.2. The number of hydrogen-bond acceptors (Lipinski definition) is 5. The largest absolute Gasteiger partial charge is 0.463 e. The van der Waals surface area contributed by atoms with E-state index in [2.05, 4.69) is 9.39 Å². The average molecular weight is 248 g/mol. The van der Waals surface area contributed by atoms with Gasteiger partial charge in [-0.05, 0) is 13.3 Å². The van der Waals surface area contributed by atoms with Crippen molar-refractivity contribution in [1.29, 1.82) is 0 Å². The Hall–Kier alpha value is -1.31. The second-order valence-electron chi connectivity index (χ2n) is 3.18. The molecule has 0 aromatic heterocycles. The van der Waals surface area contributed by atoms with Crippen molar-refractivity contribution in [2.75, 3.05) is 13.2 Å². The van der Waals surface area contributed by atoms with Crippen LogP contribution in [0.1, 0.15) is 26.7 Å². The predicted molar refractivity (Wildman–Crippen MR) is 61.2 cm³/mol. The first-order valence-corrected chi connectivity index (χ1v) is 6.50. The van der Waals surface area contributed by atoms with Crippen LogP contribution in [0.2, 0.25) is 0 Å². The van der Waals surface area contributed by atoms with Gasteiger partial charge in [0, 0.05) is 6.54 Å². The fourth-order valence-corrected chi connectivity index (χ4v) is 2.19. The van der Waals surface area contributed by atoms with Crippen molar-refractivity contribution in [2.45, 2.75) is 26.7 Å². The Morgan fingerprint density at radius 2 is 2.12 bits per heavy atom. The average Bonchev–Trinajstić information content (AvgIpc) is 2.16. The van der Waals surface area contributed by atoms with Gasteiger partial charge in [0.05, 0.1) is 6.61 Å². The second kappa shape index (κ2) is 5.15. The minimum Gasteiger partial charge on any atom is -0.463 e. The third-order valence-corrected chi connectivity index (χ3v) is 3.24. The van der Waals surface area contributed by atoms with Crippen molar-refractivity contribution in [3.8, 4) is 0 Å². The first kappa shape index (κ1) is 12.8. The Balaban J connectivity index is 2.89. The number of hydrogen-bond donors (Lipinski definition) is 1. The monoisotopic (exact) mass is 248 g/mol. The molecule has 0 aromatic carbocycles. The highest BCUT2D eigenvalue weighted by Gasteiger charge is 2.28. The molecule has 0 unspecified atom stereocenters. The molecule has 0 fully saturated rings. The molecule has 0 atom stereocenters. The lowest BCUT2D eigenvalue weighted by Gasteiger charge is -2.23. The molecule has 8 heteroatoms. The molecular formula is C8H16N4O3S. The SMILES string of the molecule is CCCCN1C(N)=NC(OCC)=NS1(=O)=O. The molecule has 0 saturated heterocycles. The van der Waals surface area contributed by atoms with Gasteiger partial charge in [0.2, 0.25) is 5.96 Å². The van der Waals surface area contributed by atoms with Gasteiger partial charge in [-0.3, -0.25) is 0 Å². The molecule has 1 aliphatic heterocycles. The third kappa shape index (κ3) is 2.84. The summed E-state index contributed by atoms with van der Waals surface area (Å²) in [5.74, 6) is -0.0908. The van der Waals surface area contributed by atoms with Gasteiger partial charge in [-0.1, -0.05) is 17.7 Å². The lowest BCUT2D eigenvalue weighted by Crippen LogP contribution is -2.44. The van der Waals surface area contributed by atoms with Gasteiger partial charge < -0.3 is 10.5 Å². The van der Waals surface area contributed by atoms with E-state index < -0.39 is 10.2 Å². The van der Waals surface area contributed by atoms with E-state index in [-0.39, 0.29) is 18.5 Å². The number of ether oxygens (including phenoxy) is 1. The maximum Gasteiger partial charge on any atom is 0.351 e. The summed E-state index contributed by atoms with van der Waals surface area (Å²) >= 11 is 0. The van der Waals surface area contributed by atoms with Crippen LogP contribution in [0.4, 0.5) is 0 Å². The van der Waals surface area contributed by atoms with Crippen molar-refractivity contribution in [1.82, 2.24) is 4.31 Å². The Kier molecular flexibility index (Phi) is 4.11. The number of nitrogens with zero attached hydrogens (tertiary/aromatic N) is 3. The Morgan fingerprint density at radius 3 is 2.62 bits per heavy atom. The van der Waals surface area contributed by atoms with Crippen LogP contribution in [0.5, 0.6) is 0 Å². The summed E-state index contributed by atoms with van der Waals surface area (Å²) in [5, 5.41) is 0. The molecule has 0 aliphatic carbocycles. The second-order valence-corrected chi connectivity index (χ2v) is 4.70. The molecule has 1 heterocycles. The lowest BCUT2D eigenvalue weighted by molar-refractivity contribution is 0.321. The van der Waals surface area contributed by atoms with E-state index in [9.17, 15) is 8.42 Å². The molecule has 0 amide bonds. The van der Waals surface area contributed by atoms with E-state index in [1.165, 1.54) is 0 Å². The van der Waals surface area contributed by atoms with E-state index in [0.29, 0.717) is 13.0 Å². The number of aliphatic imine (C=N–C) groups is 1. The number of guanidine groups is 1. The fraction of sp³-hybridized carbons (Fsp3) is 0.750. The normalized spacial score (nSPS) is 19.0. The molecule has 92 valence electrons. The van der Waals surface area contributed by atoms with Crippen molar-refractivity contribution in [3.63, 3.8) is 0 Å². The first-order valence-electron chi connectivity index (χ1n) is 5.10. The van der Waals surface area contributed by atoms with Crippen LogP contribution in [0.3, 0.4) is 0 Å². The first-order chi connectivity index (χ1) is 7.51. The molecule has 0 radical (unpaired) electrons. The van der Waals surface area contributed by atoms with E-state index in [1.807, 2.05) is 6.92 Å². The number of nitrogens with two attached hydrogens (primary N) is 1. The van der Waals surface area contributed by atoms with Crippen molar-refractivity contribution >= 4 is 22.2 Å². The molecule has 0 aromatic rings. The van der Waals surface area contributed by atoms with Gasteiger partial charge in [0.1, 0.15) is 0 Å². The summed E-state index contributed by atoms with van der Waals surface area (Å²) in [4.78, 5) is 3.77. The zero-order valence-electron chi connectivity index (χ0n) is 9.38. The van der Waals surface area contributed by atoms with Crippen LogP contribution in [0, 0.1) is 0 Å². The van der Waals surface area contributed by atoms with Crippen molar-refractivity contribution < 1.29 is 13.2 Å². The van der Waals surface area contributed by atoms with Gasteiger partial charge >= 0.3 is 16.2 Å². The minimum absolute atomic E-state index is 0.0908. The third-order valence-electron chi connectivity index (χ3n) is 1.93. The summed E-state index contributed by atoms with van der Waals surface area (Å²) in [6.45, 7) is 4.25. The topological polar surface area (TPSA) is 97.3 Å². The number of amidine groups is 1. The number of unbranched alkanes of at least 4 members (excludes halogenated alkanes) is 1. The number of rotatable bonds is 4. The Bertz CT molecular complexity index is 402. The molecule has 0 spiro atoms. The fourth-order valence-electron chi connectivity index (χ4n) is 1.16. The van der Waals surface area contributed by atoms with Gasteiger partial charge in [-0.25, -0.2) is 4.31 Å². The quantitative estimate of drug-likeness (QED) is 0.760. The smallest absolute Gasteiger partial charge is 0.351 e. The standard InChI is InChI=1S/C8H16N4O3S/c1-3-5-6-12-7(9)10-8(15-4-2)11-16(12,13)14/h3-6H2,1-2H3,(H2,9,10,11). The van der Waals surface area contributed by atoms with Gasteiger partial charge in [-0.15, -0.1) is 0 Å². The Morgan fingerprint density at radius 1 is 1.44 bits per heavy atom. The van der Waals surface area contributed by atoms with Gasteiger partial charge in [0.25, 0.3) is 0 Å². The van der Waals surface area contributed by atoms with Crippen molar-refractivity contribution in [2.24, 2.45) is 15.1 Å². The van der Waals surface area contributed by atoms with E-state index >= 15 is 0 Å². The lowest BCUT2D eigenvalue weighted by atomic mass is 10.3. The van der Waals surface area contributed by atoms with Crippen LogP contribution in [0.15, 0.2) is 9.39 Å². The van der Waals surface area contributed by atoms with Crippen LogP contribution in [0.25, 0.3) is 0 Å². The highest BCUT2D eigenvalue weighted by Crippen LogP contribution is 2.11. The highest BCUT2D eigenvalue weighted by molar-refractivity contribution is 7.88. The van der Waals surface area contributed by atoms with Crippen LogP contribution < -0.4 is 5.73 Å². The summed E-state index contributed by atoms with van der Waals surface area (Å²) in [5.41, 5.74) is 5.55. The Labute approximate surface area is 95.2 Å². The maximum atomic E-state index is 11.7. The summed E-state index contributed by atoms with van der Waals surface area (Å²) < 4.78 is 32.7. The predicted octanol–water partition coefficient (Wildman–Crippen LogP) is 0.0541. The van der Waals surface area contributed by atoms with Gasteiger partial charge in [-0.2, -0.15) is 13.4 Å². The van der Waals surface area contributed by atoms with Crippen molar-refractivity contribution in [3.05, 3.63) is 0 Å². The van der Waals surface area contributed by atoms with Gasteiger partial charge in [0.15, 0.2) is 0 Å². The molecule has 0 saturated carbocycles. The van der Waals surface area contributed by atoms with E-state index in [4.69, 9.17) is 10.5 Å². The molecular weight excluding hydrogens is 232 g/mol.